The normalized spacial score (nSPS) is 15.1. The standard InChI is InChI=1S/C14H12F3N3O/c1-2-12(21)19-3-4-20-11(8-19)6-9-5-10(14(15,16)17)7-18-13(9)20/h2,5-7H,1,3-4,8H2. The molecule has 21 heavy (non-hydrogen) atoms. The molecular formula is C14H12F3N3O. The van der Waals surface area contributed by atoms with Gasteiger partial charge in [-0.15, -0.1) is 0 Å². The second kappa shape index (κ2) is 4.61. The van der Waals surface area contributed by atoms with Gasteiger partial charge in [0.15, 0.2) is 0 Å². The first-order chi connectivity index (χ1) is 9.90. The van der Waals surface area contributed by atoms with Crippen molar-refractivity contribution in [1.82, 2.24) is 14.5 Å². The van der Waals surface area contributed by atoms with Gasteiger partial charge in [0.1, 0.15) is 5.65 Å². The Morgan fingerprint density at radius 2 is 2.10 bits per heavy atom. The van der Waals surface area contributed by atoms with Crippen molar-refractivity contribution >= 4 is 16.9 Å². The van der Waals surface area contributed by atoms with Crippen LogP contribution in [0.3, 0.4) is 0 Å². The van der Waals surface area contributed by atoms with Crippen LogP contribution < -0.4 is 0 Å². The van der Waals surface area contributed by atoms with Crippen LogP contribution in [0.2, 0.25) is 0 Å². The van der Waals surface area contributed by atoms with E-state index >= 15 is 0 Å². The molecule has 0 spiro atoms. The first kappa shape index (κ1) is 13.7. The molecule has 4 nitrogen and oxygen atoms in total. The Labute approximate surface area is 118 Å². The van der Waals surface area contributed by atoms with Crippen molar-refractivity contribution in [2.24, 2.45) is 0 Å². The third-order valence-corrected chi connectivity index (χ3v) is 3.58. The number of aromatic nitrogens is 2. The summed E-state index contributed by atoms with van der Waals surface area (Å²) in [6.07, 6.45) is -2.33. The summed E-state index contributed by atoms with van der Waals surface area (Å²) in [7, 11) is 0. The summed E-state index contributed by atoms with van der Waals surface area (Å²) in [5.41, 5.74) is 0.527. The third-order valence-electron chi connectivity index (χ3n) is 3.58. The van der Waals surface area contributed by atoms with Gasteiger partial charge in [-0.05, 0) is 18.2 Å². The van der Waals surface area contributed by atoms with Gasteiger partial charge in [0.2, 0.25) is 5.91 Å². The van der Waals surface area contributed by atoms with E-state index in [-0.39, 0.29) is 5.91 Å². The van der Waals surface area contributed by atoms with Crippen LogP contribution in [0.25, 0.3) is 11.0 Å². The Hall–Kier alpha value is -2.31. The van der Waals surface area contributed by atoms with E-state index in [2.05, 4.69) is 11.6 Å². The van der Waals surface area contributed by atoms with Gasteiger partial charge in [-0.3, -0.25) is 4.79 Å². The molecule has 0 bridgehead atoms. The fourth-order valence-corrected chi connectivity index (χ4v) is 2.55. The molecule has 110 valence electrons. The average Bonchev–Trinajstić information content (AvgIpc) is 2.81. The quantitative estimate of drug-likeness (QED) is 0.758. The van der Waals surface area contributed by atoms with E-state index in [0.717, 1.165) is 18.0 Å². The van der Waals surface area contributed by atoms with Gasteiger partial charge < -0.3 is 9.47 Å². The highest BCUT2D eigenvalue weighted by molar-refractivity contribution is 5.87. The van der Waals surface area contributed by atoms with Gasteiger partial charge in [0.05, 0.1) is 12.1 Å². The molecule has 2 aromatic rings. The van der Waals surface area contributed by atoms with Crippen molar-refractivity contribution in [1.29, 1.82) is 0 Å². The highest BCUT2D eigenvalue weighted by Crippen LogP contribution is 2.32. The molecule has 0 saturated carbocycles. The number of carbonyl (C=O) groups is 1. The van der Waals surface area contributed by atoms with Crippen molar-refractivity contribution in [3.63, 3.8) is 0 Å². The third kappa shape index (κ3) is 2.28. The van der Waals surface area contributed by atoms with Crippen LogP contribution in [-0.2, 0) is 24.1 Å². The minimum atomic E-state index is -4.41. The van der Waals surface area contributed by atoms with E-state index in [1.165, 1.54) is 6.08 Å². The molecule has 0 unspecified atom stereocenters. The minimum Gasteiger partial charge on any atom is -0.332 e. The van der Waals surface area contributed by atoms with E-state index in [0.29, 0.717) is 30.7 Å². The number of halogens is 3. The molecular weight excluding hydrogens is 283 g/mol. The van der Waals surface area contributed by atoms with Crippen LogP contribution in [0.1, 0.15) is 11.3 Å². The van der Waals surface area contributed by atoms with Gasteiger partial charge >= 0.3 is 6.18 Å². The van der Waals surface area contributed by atoms with Crippen molar-refractivity contribution in [3.05, 3.63) is 42.2 Å². The molecule has 0 aromatic carbocycles. The Kier molecular flexibility index (Phi) is 3.00. The van der Waals surface area contributed by atoms with Crippen molar-refractivity contribution in [2.45, 2.75) is 19.3 Å². The zero-order valence-corrected chi connectivity index (χ0v) is 11.0. The summed E-state index contributed by atoms with van der Waals surface area (Å²) >= 11 is 0. The van der Waals surface area contributed by atoms with E-state index < -0.39 is 11.7 Å². The van der Waals surface area contributed by atoms with Gasteiger partial charge in [-0.1, -0.05) is 6.58 Å². The summed E-state index contributed by atoms with van der Waals surface area (Å²) in [6, 6.07) is 2.74. The number of fused-ring (bicyclic) bond motifs is 3. The highest BCUT2D eigenvalue weighted by Gasteiger charge is 2.32. The van der Waals surface area contributed by atoms with Crippen molar-refractivity contribution < 1.29 is 18.0 Å². The van der Waals surface area contributed by atoms with Gasteiger partial charge in [0, 0.05) is 30.4 Å². The zero-order chi connectivity index (χ0) is 15.2. The fraction of sp³-hybridized carbons (Fsp3) is 0.286. The molecule has 1 aliphatic rings. The van der Waals surface area contributed by atoms with Crippen LogP contribution in [-0.4, -0.2) is 26.9 Å². The Morgan fingerprint density at radius 3 is 2.76 bits per heavy atom. The number of amides is 1. The van der Waals surface area contributed by atoms with Crippen LogP contribution in [0.5, 0.6) is 0 Å². The molecule has 0 aliphatic carbocycles. The molecule has 3 rings (SSSR count). The maximum atomic E-state index is 12.7. The maximum Gasteiger partial charge on any atom is 0.417 e. The number of pyridine rings is 1. The molecule has 2 aromatic heterocycles. The van der Waals surface area contributed by atoms with Crippen molar-refractivity contribution in [2.75, 3.05) is 6.54 Å². The number of hydrogen-bond acceptors (Lipinski definition) is 2. The first-order valence-electron chi connectivity index (χ1n) is 6.37. The highest BCUT2D eigenvalue weighted by atomic mass is 19.4. The molecule has 0 N–H and O–H groups in total. The summed E-state index contributed by atoms with van der Waals surface area (Å²) in [6.45, 7) is 4.79. The lowest BCUT2D eigenvalue weighted by Crippen LogP contribution is -2.37. The number of alkyl halides is 3. The lowest BCUT2D eigenvalue weighted by Gasteiger charge is -2.27. The number of rotatable bonds is 1. The van der Waals surface area contributed by atoms with Crippen LogP contribution in [0.4, 0.5) is 13.2 Å². The van der Waals surface area contributed by atoms with Crippen LogP contribution >= 0.6 is 0 Å². The second-order valence-electron chi connectivity index (χ2n) is 4.89. The van der Waals surface area contributed by atoms with Gasteiger partial charge in [0.25, 0.3) is 0 Å². The Bertz CT molecular complexity index is 733. The molecule has 0 atom stereocenters. The molecule has 0 radical (unpaired) electrons. The average molecular weight is 295 g/mol. The number of hydrogen-bond donors (Lipinski definition) is 0. The van der Waals surface area contributed by atoms with Crippen LogP contribution in [0.15, 0.2) is 31.0 Å². The number of carbonyl (C=O) groups excluding carboxylic acids is 1. The predicted molar refractivity (Wildman–Crippen MR) is 70.3 cm³/mol. The predicted octanol–water partition coefficient (Wildman–Crippen LogP) is 2.58. The summed E-state index contributed by atoms with van der Waals surface area (Å²) in [5, 5.41) is 0.438. The lowest BCUT2D eigenvalue weighted by molar-refractivity contribution is -0.137. The lowest BCUT2D eigenvalue weighted by atomic mass is 10.2. The molecule has 1 aliphatic heterocycles. The molecule has 3 heterocycles. The van der Waals surface area contributed by atoms with E-state index in [1.807, 2.05) is 4.57 Å². The Balaban J connectivity index is 2.02. The maximum absolute atomic E-state index is 12.7. The largest absolute Gasteiger partial charge is 0.417 e. The van der Waals surface area contributed by atoms with E-state index in [9.17, 15) is 18.0 Å². The Morgan fingerprint density at radius 1 is 1.33 bits per heavy atom. The molecule has 1 amide bonds. The van der Waals surface area contributed by atoms with E-state index in [4.69, 9.17) is 0 Å². The fourth-order valence-electron chi connectivity index (χ4n) is 2.55. The van der Waals surface area contributed by atoms with Gasteiger partial charge in [-0.25, -0.2) is 4.98 Å². The topological polar surface area (TPSA) is 38.1 Å². The number of nitrogens with zero attached hydrogens (tertiary/aromatic N) is 3. The second-order valence-corrected chi connectivity index (χ2v) is 4.89. The molecule has 7 heteroatoms. The summed E-state index contributed by atoms with van der Waals surface area (Å²) in [5.74, 6) is -0.185. The van der Waals surface area contributed by atoms with Crippen molar-refractivity contribution in [3.8, 4) is 0 Å². The SMILES string of the molecule is C=CC(=O)N1CCn2c(cc3cc(C(F)(F)F)cnc32)C1. The zero-order valence-electron chi connectivity index (χ0n) is 11.0. The molecule has 0 fully saturated rings. The smallest absolute Gasteiger partial charge is 0.332 e. The summed E-state index contributed by atoms with van der Waals surface area (Å²) < 4.78 is 40.0. The minimum absolute atomic E-state index is 0.185. The van der Waals surface area contributed by atoms with Gasteiger partial charge in [-0.2, -0.15) is 13.2 Å². The van der Waals surface area contributed by atoms with Crippen LogP contribution in [0, 0.1) is 0 Å². The summed E-state index contributed by atoms with van der Waals surface area (Å²) in [4.78, 5) is 17.1. The molecule has 0 saturated heterocycles. The monoisotopic (exact) mass is 295 g/mol. The first-order valence-corrected chi connectivity index (χ1v) is 6.37. The van der Waals surface area contributed by atoms with E-state index in [1.54, 1.807) is 11.0 Å².